The van der Waals surface area contributed by atoms with Crippen molar-refractivity contribution in [3.05, 3.63) is 35.1 Å². The normalized spacial score (nSPS) is 13.0. The van der Waals surface area contributed by atoms with Gasteiger partial charge < -0.3 is 5.73 Å². The third-order valence-corrected chi connectivity index (χ3v) is 1.98. The lowest BCUT2D eigenvalue weighted by atomic mass is 10.0. The Kier molecular flexibility index (Phi) is 2.82. The molecule has 0 aliphatic heterocycles. The summed E-state index contributed by atoms with van der Waals surface area (Å²) in [5.74, 6) is -0.209. The number of nitrogens with two attached hydrogens (primary N) is 1. The SMILES string of the molecule is CCc1ccc(F)cc1[C@@H](C)N. The highest BCUT2D eigenvalue weighted by atomic mass is 19.1. The van der Waals surface area contributed by atoms with Crippen molar-refractivity contribution in [3.8, 4) is 0 Å². The number of hydrogen-bond acceptors (Lipinski definition) is 1. The van der Waals surface area contributed by atoms with Crippen LogP contribution >= 0.6 is 0 Å². The minimum atomic E-state index is -0.209. The van der Waals surface area contributed by atoms with Crippen LogP contribution in [0.15, 0.2) is 18.2 Å². The summed E-state index contributed by atoms with van der Waals surface area (Å²) in [6.45, 7) is 3.91. The zero-order chi connectivity index (χ0) is 9.14. The molecule has 1 rings (SSSR count). The van der Waals surface area contributed by atoms with Gasteiger partial charge in [-0.15, -0.1) is 0 Å². The molecular weight excluding hydrogens is 153 g/mol. The molecule has 1 aromatic rings. The molecule has 0 unspecified atom stereocenters. The minimum absolute atomic E-state index is 0.0874. The Balaban J connectivity index is 3.12. The van der Waals surface area contributed by atoms with Crippen molar-refractivity contribution >= 4 is 0 Å². The molecule has 0 spiro atoms. The molecule has 66 valence electrons. The van der Waals surface area contributed by atoms with Gasteiger partial charge in [0.2, 0.25) is 0 Å². The van der Waals surface area contributed by atoms with E-state index in [0.717, 1.165) is 17.5 Å². The Morgan fingerprint density at radius 3 is 2.67 bits per heavy atom. The fourth-order valence-corrected chi connectivity index (χ4v) is 1.31. The Hall–Kier alpha value is -0.890. The van der Waals surface area contributed by atoms with Crippen LogP contribution in [0.25, 0.3) is 0 Å². The summed E-state index contributed by atoms with van der Waals surface area (Å²) in [5, 5.41) is 0. The van der Waals surface area contributed by atoms with Crippen molar-refractivity contribution in [1.29, 1.82) is 0 Å². The van der Waals surface area contributed by atoms with Crippen LogP contribution in [-0.4, -0.2) is 0 Å². The maximum Gasteiger partial charge on any atom is 0.123 e. The fraction of sp³-hybridized carbons (Fsp3) is 0.400. The van der Waals surface area contributed by atoms with Crippen LogP contribution in [0.1, 0.15) is 31.0 Å². The third kappa shape index (κ3) is 1.83. The summed E-state index contributed by atoms with van der Waals surface area (Å²) >= 11 is 0. The summed E-state index contributed by atoms with van der Waals surface area (Å²) in [6.07, 6.45) is 0.900. The van der Waals surface area contributed by atoms with E-state index >= 15 is 0 Å². The van der Waals surface area contributed by atoms with Gasteiger partial charge in [0.05, 0.1) is 0 Å². The first-order chi connectivity index (χ1) is 5.65. The molecule has 0 saturated heterocycles. The van der Waals surface area contributed by atoms with Gasteiger partial charge in [0.25, 0.3) is 0 Å². The van der Waals surface area contributed by atoms with Crippen LogP contribution in [0.3, 0.4) is 0 Å². The van der Waals surface area contributed by atoms with Gasteiger partial charge >= 0.3 is 0 Å². The average Bonchev–Trinajstić information content (AvgIpc) is 2.04. The van der Waals surface area contributed by atoms with Gasteiger partial charge in [0.1, 0.15) is 5.82 Å². The van der Waals surface area contributed by atoms with Crippen LogP contribution in [0, 0.1) is 5.82 Å². The third-order valence-electron chi connectivity index (χ3n) is 1.98. The first-order valence-corrected chi connectivity index (χ1v) is 4.19. The van der Waals surface area contributed by atoms with Crippen molar-refractivity contribution in [2.45, 2.75) is 26.3 Å². The summed E-state index contributed by atoms with van der Waals surface area (Å²) in [5.41, 5.74) is 7.74. The predicted molar refractivity (Wildman–Crippen MR) is 48.4 cm³/mol. The highest BCUT2D eigenvalue weighted by molar-refractivity contribution is 5.30. The zero-order valence-corrected chi connectivity index (χ0v) is 7.47. The first-order valence-electron chi connectivity index (χ1n) is 4.19. The predicted octanol–water partition coefficient (Wildman–Crippen LogP) is 2.41. The zero-order valence-electron chi connectivity index (χ0n) is 7.47. The molecule has 0 amide bonds. The van der Waals surface area contributed by atoms with Gasteiger partial charge in [-0.05, 0) is 36.6 Å². The van der Waals surface area contributed by atoms with E-state index in [1.54, 1.807) is 6.07 Å². The Morgan fingerprint density at radius 2 is 2.17 bits per heavy atom. The molecule has 0 heterocycles. The van der Waals surface area contributed by atoms with Crippen molar-refractivity contribution in [2.24, 2.45) is 5.73 Å². The quantitative estimate of drug-likeness (QED) is 0.719. The van der Waals surface area contributed by atoms with E-state index in [2.05, 4.69) is 0 Å². The monoisotopic (exact) mass is 167 g/mol. The molecule has 1 aromatic carbocycles. The van der Waals surface area contributed by atoms with Gasteiger partial charge in [-0.2, -0.15) is 0 Å². The first kappa shape index (κ1) is 9.20. The standard InChI is InChI=1S/C10H14FN/c1-3-8-4-5-9(11)6-10(8)7(2)12/h4-7H,3,12H2,1-2H3/t7-/m1/s1. The van der Waals surface area contributed by atoms with Crippen LogP contribution in [0.4, 0.5) is 4.39 Å². The number of aryl methyl sites for hydroxylation is 1. The maximum atomic E-state index is 12.8. The number of halogens is 1. The van der Waals surface area contributed by atoms with E-state index < -0.39 is 0 Å². The molecule has 0 aliphatic carbocycles. The molecule has 0 fully saturated rings. The van der Waals surface area contributed by atoms with Crippen molar-refractivity contribution in [1.82, 2.24) is 0 Å². The smallest absolute Gasteiger partial charge is 0.123 e. The molecule has 0 aliphatic rings. The molecule has 12 heavy (non-hydrogen) atoms. The topological polar surface area (TPSA) is 26.0 Å². The van der Waals surface area contributed by atoms with Crippen molar-refractivity contribution < 1.29 is 4.39 Å². The lowest BCUT2D eigenvalue weighted by Crippen LogP contribution is -2.08. The van der Waals surface area contributed by atoms with Crippen LogP contribution < -0.4 is 5.73 Å². The summed E-state index contributed by atoms with van der Waals surface area (Å²) < 4.78 is 12.8. The molecule has 1 nitrogen and oxygen atoms in total. The van der Waals surface area contributed by atoms with E-state index in [4.69, 9.17) is 5.73 Å². The number of benzene rings is 1. The van der Waals surface area contributed by atoms with E-state index in [1.165, 1.54) is 12.1 Å². The lowest BCUT2D eigenvalue weighted by Gasteiger charge is -2.10. The maximum absolute atomic E-state index is 12.8. The second kappa shape index (κ2) is 3.68. The van der Waals surface area contributed by atoms with Gasteiger partial charge in [-0.3, -0.25) is 0 Å². The summed E-state index contributed by atoms with van der Waals surface area (Å²) in [6, 6.07) is 4.71. The molecule has 0 bridgehead atoms. The van der Waals surface area contributed by atoms with E-state index in [0.29, 0.717) is 0 Å². The highest BCUT2D eigenvalue weighted by Gasteiger charge is 2.05. The molecule has 1 atom stereocenters. The number of rotatable bonds is 2. The van der Waals surface area contributed by atoms with Crippen LogP contribution in [0.5, 0.6) is 0 Å². The Labute approximate surface area is 72.4 Å². The number of hydrogen-bond donors (Lipinski definition) is 1. The summed E-state index contributed by atoms with van der Waals surface area (Å²) in [4.78, 5) is 0. The van der Waals surface area contributed by atoms with Crippen LogP contribution in [-0.2, 0) is 6.42 Å². The Bertz CT molecular complexity index is 269. The second-order valence-corrected chi connectivity index (χ2v) is 2.99. The van der Waals surface area contributed by atoms with Gasteiger partial charge in [-0.1, -0.05) is 13.0 Å². The van der Waals surface area contributed by atoms with Gasteiger partial charge in [0.15, 0.2) is 0 Å². The summed E-state index contributed by atoms with van der Waals surface area (Å²) in [7, 11) is 0. The van der Waals surface area contributed by atoms with E-state index in [-0.39, 0.29) is 11.9 Å². The molecular formula is C10H14FN. The second-order valence-electron chi connectivity index (χ2n) is 2.99. The van der Waals surface area contributed by atoms with E-state index in [1.807, 2.05) is 13.8 Å². The Morgan fingerprint density at radius 1 is 1.50 bits per heavy atom. The van der Waals surface area contributed by atoms with Gasteiger partial charge in [0, 0.05) is 6.04 Å². The molecule has 0 radical (unpaired) electrons. The molecule has 0 aromatic heterocycles. The van der Waals surface area contributed by atoms with Crippen molar-refractivity contribution in [2.75, 3.05) is 0 Å². The minimum Gasteiger partial charge on any atom is -0.324 e. The molecule has 0 saturated carbocycles. The average molecular weight is 167 g/mol. The molecule has 2 N–H and O–H groups in total. The molecule has 2 heteroatoms. The largest absolute Gasteiger partial charge is 0.324 e. The fourth-order valence-electron chi connectivity index (χ4n) is 1.31. The van der Waals surface area contributed by atoms with Crippen molar-refractivity contribution in [3.63, 3.8) is 0 Å². The highest BCUT2D eigenvalue weighted by Crippen LogP contribution is 2.17. The lowest BCUT2D eigenvalue weighted by molar-refractivity contribution is 0.620. The van der Waals surface area contributed by atoms with Gasteiger partial charge in [-0.25, -0.2) is 4.39 Å². The van der Waals surface area contributed by atoms with E-state index in [9.17, 15) is 4.39 Å². The van der Waals surface area contributed by atoms with Crippen LogP contribution in [0.2, 0.25) is 0 Å².